The summed E-state index contributed by atoms with van der Waals surface area (Å²) < 4.78 is 0. The predicted molar refractivity (Wildman–Crippen MR) is 95.6 cm³/mol. The molecule has 0 aliphatic carbocycles. The highest BCUT2D eigenvalue weighted by molar-refractivity contribution is 5.70. The first-order valence-corrected chi connectivity index (χ1v) is 8.60. The van der Waals surface area contributed by atoms with Crippen LogP contribution in [0.3, 0.4) is 0 Å². The van der Waals surface area contributed by atoms with Crippen molar-refractivity contribution >= 4 is 11.4 Å². The fraction of sp³-hybridized carbons (Fsp3) is 0.684. The number of nitrogens with zero attached hydrogens (tertiary/aromatic N) is 1. The summed E-state index contributed by atoms with van der Waals surface area (Å²) >= 11 is 0. The van der Waals surface area contributed by atoms with Gasteiger partial charge in [-0.3, -0.25) is 0 Å². The van der Waals surface area contributed by atoms with Crippen LogP contribution in [0.1, 0.15) is 40.5 Å². The number of hydrogen-bond donors (Lipinski definition) is 2. The van der Waals surface area contributed by atoms with Crippen molar-refractivity contribution in [2.45, 2.75) is 40.5 Å². The molecule has 1 aliphatic heterocycles. The number of anilines is 2. The van der Waals surface area contributed by atoms with Crippen molar-refractivity contribution in [3.8, 4) is 0 Å². The van der Waals surface area contributed by atoms with Gasteiger partial charge in [0, 0.05) is 26.2 Å². The third kappa shape index (κ3) is 4.39. The van der Waals surface area contributed by atoms with Gasteiger partial charge in [-0.15, -0.1) is 0 Å². The van der Waals surface area contributed by atoms with Gasteiger partial charge in [-0.25, -0.2) is 0 Å². The summed E-state index contributed by atoms with van der Waals surface area (Å²) in [5.74, 6) is 1.10. The van der Waals surface area contributed by atoms with Gasteiger partial charge in [-0.1, -0.05) is 39.8 Å². The van der Waals surface area contributed by atoms with Crippen LogP contribution in [0.5, 0.6) is 0 Å². The molecule has 1 fully saturated rings. The number of hydrogen-bond acceptors (Lipinski definition) is 3. The minimum absolute atomic E-state index is 0.321. The lowest BCUT2D eigenvalue weighted by molar-refractivity contribution is 0.203. The van der Waals surface area contributed by atoms with Crippen LogP contribution in [0.25, 0.3) is 0 Å². The molecule has 0 radical (unpaired) electrons. The third-order valence-electron chi connectivity index (χ3n) is 5.19. The molecule has 3 nitrogen and oxygen atoms in total. The van der Waals surface area contributed by atoms with E-state index in [1.165, 1.54) is 11.4 Å². The average molecular weight is 304 g/mol. The third-order valence-corrected chi connectivity index (χ3v) is 5.19. The van der Waals surface area contributed by atoms with Gasteiger partial charge in [0.15, 0.2) is 0 Å². The maximum Gasteiger partial charge on any atom is 0.0602 e. The Morgan fingerprint density at radius 1 is 1.23 bits per heavy atom. The van der Waals surface area contributed by atoms with Gasteiger partial charge in [-0.2, -0.15) is 0 Å². The Morgan fingerprint density at radius 3 is 2.45 bits per heavy atom. The number of nitrogens with one attached hydrogen (secondary N) is 1. The monoisotopic (exact) mass is 304 g/mol. The Morgan fingerprint density at radius 2 is 1.86 bits per heavy atom. The van der Waals surface area contributed by atoms with Crippen molar-refractivity contribution in [3.63, 3.8) is 0 Å². The number of rotatable bonds is 5. The highest BCUT2D eigenvalue weighted by atomic mass is 16.3. The maximum absolute atomic E-state index is 9.29. The summed E-state index contributed by atoms with van der Waals surface area (Å²) in [5.41, 5.74) is 2.86. The van der Waals surface area contributed by atoms with Gasteiger partial charge in [-0.05, 0) is 42.2 Å². The molecule has 1 aromatic rings. The first kappa shape index (κ1) is 17.1. The summed E-state index contributed by atoms with van der Waals surface area (Å²) in [6.07, 6.45) is 2.17. The van der Waals surface area contributed by atoms with E-state index in [2.05, 4.69) is 62.2 Å². The van der Waals surface area contributed by atoms with Crippen molar-refractivity contribution < 1.29 is 5.11 Å². The van der Waals surface area contributed by atoms with Crippen LogP contribution in [0.2, 0.25) is 0 Å². The molecule has 0 aromatic heterocycles. The normalized spacial score (nSPS) is 18.3. The lowest BCUT2D eigenvalue weighted by atomic mass is 9.82. The van der Waals surface area contributed by atoms with E-state index in [0.717, 1.165) is 32.5 Å². The summed E-state index contributed by atoms with van der Waals surface area (Å²) in [7, 11) is 0. The number of para-hydroxylation sites is 2. The van der Waals surface area contributed by atoms with Gasteiger partial charge in [0.05, 0.1) is 11.4 Å². The van der Waals surface area contributed by atoms with Gasteiger partial charge in [0.25, 0.3) is 0 Å². The van der Waals surface area contributed by atoms with E-state index in [9.17, 15) is 5.11 Å². The van der Waals surface area contributed by atoms with Crippen LogP contribution < -0.4 is 10.2 Å². The van der Waals surface area contributed by atoms with E-state index in [0.29, 0.717) is 23.9 Å². The summed E-state index contributed by atoms with van der Waals surface area (Å²) in [5, 5.41) is 12.9. The topological polar surface area (TPSA) is 35.5 Å². The standard InChI is InChI=1S/C19H32N2O/c1-15(19(2,3)4)13-20-17-7-5-6-8-18(17)21-11-9-16(14-22)10-12-21/h5-8,15-16,20,22H,9-14H2,1-4H3. The van der Waals surface area contributed by atoms with Gasteiger partial charge in [0.2, 0.25) is 0 Å². The predicted octanol–water partition coefficient (Wildman–Crippen LogP) is 3.99. The molecule has 2 rings (SSSR count). The summed E-state index contributed by atoms with van der Waals surface area (Å²) in [4.78, 5) is 2.45. The highest BCUT2D eigenvalue weighted by Gasteiger charge is 2.22. The molecule has 2 N–H and O–H groups in total. The molecule has 0 amide bonds. The zero-order valence-corrected chi connectivity index (χ0v) is 14.6. The smallest absolute Gasteiger partial charge is 0.0602 e. The number of aliphatic hydroxyl groups excluding tert-OH is 1. The lowest BCUT2D eigenvalue weighted by Crippen LogP contribution is -2.35. The number of piperidine rings is 1. The van der Waals surface area contributed by atoms with Gasteiger partial charge >= 0.3 is 0 Å². The largest absolute Gasteiger partial charge is 0.396 e. The van der Waals surface area contributed by atoms with E-state index < -0.39 is 0 Å². The molecule has 0 spiro atoms. The molecule has 1 heterocycles. The Balaban J connectivity index is 2.01. The van der Waals surface area contributed by atoms with Crippen molar-refractivity contribution in [1.29, 1.82) is 0 Å². The van der Waals surface area contributed by atoms with Gasteiger partial charge < -0.3 is 15.3 Å². The van der Waals surface area contributed by atoms with E-state index in [4.69, 9.17) is 0 Å². The first-order valence-electron chi connectivity index (χ1n) is 8.60. The van der Waals surface area contributed by atoms with Crippen LogP contribution in [0.15, 0.2) is 24.3 Å². The molecule has 1 atom stereocenters. The average Bonchev–Trinajstić information content (AvgIpc) is 2.52. The molecule has 0 saturated carbocycles. The molecule has 3 heteroatoms. The molecule has 1 aromatic carbocycles. The second kappa shape index (κ2) is 7.36. The molecule has 1 aliphatic rings. The molecule has 0 bridgehead atoms. The van der Waals surface area contributed by atoms with Crippen molar-refractivity contribution in [3.05, 3.63) is 24.3 Å². The maximum atomic E-state index is 9.29. The van der Waals surface area contributed by atoms with Crippen LogP contribution in [0, 0.1) is 17.3 Å². The minimum atomic E-state index is 0.321. The molecule has 1 saturated heterocycles. The molecular weight excluding hydrogens is 272 g/mol. The number of benzene rings is 1. The molecular formula is C19H32N2O. The van der Waals surface area contributed by atoms with E-state index in [1.54, 1.807) is 0 Å². The molecule has 124 valence electrons. The van der Waals surface area contributed by atoms with Crippen LogP contribution in [-0.2, 0) is 0 Å². The van der Waals surface area contributed by atoms with Crippen molar-refractivity contribution in [2.75, 3.05) is 36.5 Å². The first-order chi connectivity index (χ1) is 10.4. The second-order valence-electron chi connectivity index (χ2n) is 7.78. The van der Waals surface area contributed by atoms with E-state index in [-0.39, 0.29) is 0 Å². The number of aliphatic hydroxyl groups is 1. The zero-order chi connectivity index (χ0) is 16.2. The quantitative estimate of drug-likeness (QED) is 0.863. The molecule has 22 heavy (non-hydrogen) atoms. The second-order valence-corrected chi connectivity index (χ2v) is 7.78. The Hall–Kier alpha value is -1.22. The summed E-state index contributed by atoms with van der Waals surface area (Å²) in [6, 6.07) is 8.62. The van der Waals surface area contributed by atoms with Crippen LogP contribution in [-0.4, -0.2) is 31.3 Å². The fourth-order valence-electron chi connectivity index (χ4n) is 2.82. The summed E-state index contributed by atoms with van der Waals surface area (Å²) in [6.45, 7) is 12.6. The molecule has 1 unspecified atom stereocenters. The van der Waals surface area contributed by atoms with Crippen molar-refractivity contribution in [2.24, 2.45) is 17.3 Å². The minimum Gasteiger partial charge on any atom is -0.396 e. The van der Waals surface area contributed by atoms with E-state index in [1.807, 2.05) is 0 Å². The van der Waals surface area contributed by atoms with Crippen LogP contribution in [0.4, 0.5) is 11.4 Å². The lowest BCUT2D eigenvalue weighted by Gasteiger charge is -2.35. The Bertz CT molecular complexity index is 459. The Labute approximate surface area is 135 Å². The Kier molecular flexibility index (Phi) is 5.74. The van der Waals surface area contributed by atoms with Gasteiger partial charge in [0.1, 0.15) is 0 Å². The fourth-order valence-corrected chi connectivity index (χ4v) is 2.82. The zero-order valence-electron chi connectivity index (χ0n) is 14.6. The van der Waals surface area contributed by atoms with Crippen molar-refractivity contribution in [1.82, 2.24) is 0 Å². The van der Waals surface area contributed by atoms with Crippen LogP contribution >= 0.6 is 0 Å². The van der Waals surface area contributed by atoms with E-state index >= 15 is 0 Å². The SMILES string of the molecule is CC(CNc1ccccc1N1CCC(CO)CC1)C(C)(C)C. The highest BCUT2D eigenvalue weighted by Crippen LogP contribution is 2.31.